The first-order valence-corrected chi connectivity index (χ1v) is 8.02. The van der Waals surface area contributed by atoms with Crippen molar-refractivity contribution in [1.29, 1.82) is 0 Å². The highest BCUT2D eigenvalue weighted by atomic mass is 32.1. The van der Waals surface area contributed by atoms with Gasteiger partial charge in [0.15, 0.2) is 0 Å². The SMILES string of the molecule is CCNc1cc(C(=O)NCc2ccc(CC)s2)cc(C)n1. The lowest BCUT2D eigenvalue weighted by Crippen LogP contribution is -2.22. The standard InChI is InChI=1S/C16H21N3OS/c1-4-13-6-7-14(21-13)10-18-16(20)12-8-11(3)19-15(9-12)17-5-2/h6-9H,4-5,10H2,1-3H3,(H,17,19)(H,18,20). The van der Waals surface area contributed by atoms with Crippen LogP contribution in [-0.4, -0.2) is 17.4 Å². The molecule has 0 atom stereocenters. The fraction of sp³-hybridized carbons (Fsp3) is 0.375. The molecule has 0 fully saturated rings. The van der Waals surface area contributed by atoms with Gasteiger partial charge in [-0.3, -0.25) is 4.79 Å². The van der Waals surface area contributed by atoms with Crippen molar-refractivity contribution >= 4 is 23.1 Å². The highest BCUT2D eigenvalue weighted by Crippen LogP contribution is 2.17. The van der Waals surface area contributed by atoms with Crippen LogP contribution in [0.15, 0.2) is 24.3 Å². The Bertz CT molecular complexity index is 622. The van der Waals surface area contributed by atoms with Crippen molar-refractivity contribution in [3.8, 4) is 0 Å². The number of carbonyl (C=O) groups excluding carboxylic acids is 1. The van der Waals surface area contributed by atoms with E-state index in [4.69, 9.17) is 0 Å². The lowest BCUT2D eigenvalue weighted by atomic mass is 10.2. The number of aryl methyl sites for hydroxylation is 2. The smallest absolute Gasteiger partial charge is 0.251 e. The highest BCUT2D eigenvalue weighted by Gasteiger charge is 2.09. The van der Waals surface area contributed by atoms with Crippen LogP contribution in [0.1, 0.15) is 39.7 Å². The molecule has 5 heteroatoms. The number of rotatable bonds is 6. The van der Waals surface area contributed by atoms with Crippen molar-refractivity contribution in [2.75, 3.05) is 11.9 Å². The summed E-state index contributed by atoms with van der Waals surface area (Å²) >= 11 is 1.75. The number of thiophene rings is 1. The summed E-state index contributed by atoms with van der Waals surface area (Å²) in [7, 11) is 0. The molecule has 2 aromatic rings. The number of nitrogens with one attached hydrogen (secondary N) is 2. The Labute approximate surface area is 129 Å². The Morgan fingerprint density at radius 2 is 2.00 bits per heavy atom. The fourth-order valence-electron chi connectivity index (χ4n) is 2.05. The van der Waals surface area contributed by atoms with E-state index in [0.717, 1.165) is 24.5 Å². The summed E-state index contributed by atoms with van der Waals surface area (Å²) in [4.78, 5) is 19.1. The highest BCUT2D eigenvalue weighted by molar-refractivity contribution is 7.11. The first-order valence-electron chi connectivity index (χ1n) is 7.20. The Hall–Kier alpha value is -1.88. The average molecular weight is 303 g/mol. The second kappa shape index (κ2) is 7.22. The van der Waals surface area contributed by atoms with Gasteiger partial charge in [-0.15, -0.1) is 11.3 Å². The summed E-state index contributed by atoms with van der Waals surface area (Å²) in [6, 6.07) is 7.79. The number of anilines is 1. The second-order valence-electron chi connectivity index (χ2n) is 4.82. The average Bonchev–Trinajstić information content (AvgIpc) is 2.92. The molecule has 0 saturated carbocycles. The van der Waals surface area contributed by atoms with E-state index in [0.29, 0.717) is 12.1 Å². The van der Waals surface area contributed by atoms with Crippen LogP contribution >= 0.6 is 11.3 Å². The van der Waals surface area contributed by atoms with Crippen molar-refractivity contribution in [3.05, 3.63) is 45.3 Å². The quantitative estimate of drug-likeness (QED) is 0.860. The molecular weight excluding hydrogens is 282 g/mol. The van der Waals surface area contributed by atoms with Crippen LogP contribution in [0, 0.1) is 6.92 Å². The third-order valence-electron chi connectivity index (χ3n) is 3.06. The molecule has 112 valence electrons. The van der Waals surface area contributed by atoms with Crippen LogP contribution in [0.25, 0.3) is 0 Å². The van der Waals surface area contributed by atoms with E-state index in [-0.39, 0.29) is 5.91 Å². The van der Waals surface area contributed by atoms with Gasteiger partial charge in [0.05, 0.1) is 6.54 Å². The molecule has 0 aliphatic carbocycles. The van der Waals surface area contributed by atoms with Crippen molar-refractivity contribution in [1.82, 2.24) is 10.3 Å². The minimum absolute atomic E-state index is 0.0638. The molecule has 0 aliphatic heterocycles. The van der Waals surface area contributed by atoms with Crippen LogP contribution in [0.5, 0.6) is 0 Å². The minimum Gasteiger partial charge on any atom is -0.370 e. The number of carbonyl (C=O) groups is 1. The van der Waals surface area contributed by atoms with Crippen LogP contribution in [0.4, 0.5) is 5.82 Å². The van der Waals surface area contributed by atoms with Gasteiger partial charge in [0.2, 0.25) is 0 Å². The lowest BCUT2D eigenvalue weighted by molar-refractivity contribution is 0.0951. The summed E-state index contributed by atoms with van der Waals surface area (Å²) < 4.78 is 0. The van der Waals surface area contributed by atoms with Gasteiger partial charge < -0.3 is 10.6 Å². The summed E-state index contributed by atoms with van der Waals surface area (Å²) in [5.41, 5.74) is 1.48. The van der Waals surface area contributed by atoms with E-state index in [1.807, 2.05) is 19.9 Å². The first kappa shape index (κ1) is 15.5. The molecule has 0 unspecified atom stereocenters. The molecule has 2 aromatic heterocycles. The topological polar surface area (TPSA) is 54.0 Å². The molecule has 0 aliphatic rings. The van der Waals surface area contributed by atoms with Crippen molar-refractivity contribution in [3.63, 3.8) is 0 Å². The number of amides is 1. The normalized spacial score (nSPS) is 10.4. The number of hydrogen-bond donors (Lipinski definition) is 2. The van der Waals surface area contributed by atoms with Crippen molar-refractivity contribution in [2.45, 2.75) is 33.7 Å². The van der Waals surface area contributed by atoms with Crippen LogP contribution in [0.3, 0.4) is 0 Å². The fourth-order valence-corrected chi connectivity index (χ4v) is 2.95. The lowest BCUT2D eigenvalue weighted by Gasteiger charge is -2.08. The van der Waals surface area contributed by atoms with Gasteiger partial charge in [-0.25, -0.2) is 4.98 Å². The van der Waals surface area contributed by atoms with E-state index in [1.54, 1.807) is 17.4 Å². The summed E-state index contributed by atoms with van der Waals surface area (Å²) in [6.45, 7) is 7.39. The predicted molar refractivity (Wildman–Crippen MR) is 88.0 cm³/mol. The summed E-state index contributed by atoms with van der Waals surface area (Å²) in [6.07, 6.45) is 1.04. The zero-order valence-corrected chi connectivity index (χ0v) is 13.5. The monoisotopic (exact) mass is 303 g/mol. The Kier molecular flexibility index (Phi) is 5.33. The van der Waals surface area contributed by atoms with Crippen LogP contribution in [-0.2, 0) is 13.0 Å². The molecule has 0 radical (unpaired) electrons. The molecule has 21 heavy (non-hydrogen) atoms. The van der Waals surface area contributed by atoms with Gasteiger partial charge in [0, 0.05) is 27.6 Å². The van der Waals surface area contributed by atoms with Gasteiger partial charge >= 0.3 is 0 Å². The maximum absolute atomic E-state index is 12.2. The summed E-state index contributed by atoms with van der Waals surface area (Å²) in [5, 5.41) is 6.10. The van der Waals surface area contributed by atoms with Crippen molar-refractivity contribution < 1.29 is 4.79 Å². The number of aromatic nitrogens is 1. The van der Waals surface area contributed by atoms with Gasteiger partial charge in [-0.1, -0.05) is 6.92 Å². The number of hydrogen-bond acceptors (Lipinski definition) is 4. The van der Waals surface area contributed by atoms with Gasteiger partial charge in [-0.2, -0.15) is 0 Å². The maximum atomic E-state index is 12.2. The molecular formula is C16H21N3OS. The van der Waals surface area contributed by atoms with E-state index >= 15 is 0 Å². The van der Waals surface area contributed by atoms with Crippen LogP contribution < -0.4 is 10.6 Å². The van der Waals surface area contributed by atoms with E-state index in [1.165, 1.54) is 9.75 Å². The van der Waals surface area contributed by atoms with Crippen LogP contribution in [0.2, 0.25) is 0 Å². The van der Waals surface area contributed by atoms with Gasteiger partial charge in [-0.05, 0) is 44.5 Å². The molecule has 2 heterocycles. The van der Waals surface area contributed by atoms with E-state index < -0.39 is 0 Å². The Balaban J connectivity index is 2.02. The Morgan fingerprint density at radius 1 is 1.24 bits per heavy atom. The maximum Gasteiger partial charge on any atom is 0.251 e. The molecule has 0 spiro atoms. The molecule has 1 amide bonds. The zero-order chi connectivity index (χ0) is 15.2. The van der Waals surface area contributed by atoms with Gasteiger partial charge in [0.1, 0.15) is 5.82 Å². The van der Waals surface area contributed by atoms with E-state index in [9.17, 15) is 4.79 Å². The minimum atomic E-state index is -0.0638. The molecule has 4 nitrogen and oxygen atoms in total. The third-order valence-corrected chi connectivity index (χ3v) is 4.29. The molecule has 2 rings (SSSR count). The largest absolute Gasteiger partial charge is 0.370 e. The molecule has 0 saturated heterocycles. The Morgan fingerprint density at radius 3 is 2.67 bits per heavy atom. The van der Waals surface area contributed by atoms with E-state index in [2.05, 4.69) is 34.7 Å². The second-order valence-corrected chi connectivity index (χ2v) is 6.07. The first-order chi connectivity index (χ1) is 10.1. The number of nitrogens with zero attached hydrogens (tertiary/aromatic N) is 1. The molecule has 2 N–H and O–H groups in total. The zero-order valence-electron chi connectivity index (χ0n) is 12.7. The summed E-state index contributed by atoms with van der Waals surface area (Å²) in [5.74, 6) is 0.679. The molecule has 0 bridgehead atoms. The third kappa shape index (κ3) is 4.29. The van der Waals surface area contributed by atoms with Crippen molar-refractivity contribution in [2.24, 2.45) is 0 Å². The molecule has 0 aromatic carbocycles. The number of pyridine rings is 1. The van der Waals surface area contributed by atoms with Gasteiger partial charge in [0.25, 0.3) is 5.91 Å². The predicted octanol–water partition coefficient (Wildman–Crippen LogP) is 3.38.